The molecule has 41 heavy (non-hydrogen) atoms. The molecule has 4 aromatic rings. The first-order valence-electron chi connectivity index (χ1n) is 13.3. The van der Waals surface area contributed by atoms with Crippen LogP contribution in [-0.2, 0) is 25.7 Å². The van der Waals surface area contributed by atoms with Crippen molar-refractivity contribution in [3.8, 4) is 0 Å². The summed E-state index contributed by atoms with van der Waals surface area (Å²) in [6.07, 6.45) is 3.06. The minimum absolute atomic E-state index is 0.0739. The highest BCUT2D eigenvalue weighted by Gasteiger charge is 2.29. The number of nitrogens with zero attached hydrogens (tertiary/aromatic N) is 3. The molecule has 0 fully saturated rings. The summed E-state index contributed by atoms with van der Waals surface area (Å²) in [6.45, 7) is 3.31. The predicted molar refractivity (Wildman–Crippen MR) is 158 cm³/mol. The molecule has 0 bridgehead atoms. The van der Waals surface area contributed by atoms with Gasteiger partial charge in [0, 0.05) is 20.3 Å². The van der Waals surface area contributed by atoms with Gasteiger partial charge in [0.05, 0.1) is 30.6 Å². The van der Waals surface area contributed by atoms with Crippen molar-refractivity contribution in [2.24, 2.45) is 5.73 Å². The smallest absolute Gasteiger partial charge is 0.251 e. The van der Waals surface area contributed by atoms with Crippen LogP contribution in [0.25, 0.3) is 10.8 Å². The van der Waals surface area contributed by atoms with E-state index in [0.717, 1.165) is 21.9 Å². The first kappa shape index (κ1) is 29.4. The molecule has 4 rings (SSSR count). The van der Waals surface area contributed by atoms with Crippen molar-refractivity contribution in [1.82, 2.24) is 20.0 Å². The number of nitrogens with one attached hydrogen (secondary N) is 2. The number of carbonyl (C=O) groups is 3. The van der Waals surface area contributed by atoms with E-state index in [-0.39, 0.29) is 19.1 Å². The van der Waals surface area contributed by atoms with Crippen molar-refractivity contribution in [2.75, 3.05) is 26.0 Å². The summed E-state index contributed by atoms with van der Waals surface area (Å²) in [6, 6.07) is 21.5. The lowest BCUT2D eigenvalue weighted by Gasteiger charge is -2.23. The number of amides is 3. The largest absolute Gasteiger partial charge is 0.374 e. The van der Waals surface area contributed by atoms with Crippen molar-refractivity contribution >= 4 is 34.2 Å². The van der Waals surface area contributed by atoms with E-state index in [1.54, 1.807) is 34.1 Å². The maximum absolute atomic E-state index is 13.3. The van der Waals surface area contributed by atoms with Gasteiger partial charge in [-0.15, -0.1) is 0 Å². The molecule has 0 aliphatic carbocycles. The van der Waals surface area contributed by atoms with E-state index in [1.165, 1.54) is 15.8 Å². The first-order valence-corrected chi connectivity index (χ1v) is 13.3. The maximum Gasteiger partial charge on any atom is 0.251 e. The average Bonchev–Trinajstić information content (AvgIpc) is 3.40. The van der Waals surface area contributed by atoms with Gasteiger partial charge >= 0.3 is 0 Å². The Morgan fingerprint density at radius 1 is 1.00 bits per heavy atom. The number of nitrogens with two attached hydrogens (primary N) is 1. The lowest BCUT2D eigenvalue weighted by atomic mass is 10.0. The molecule has 3 aromatic carbocycles. The van der Waals surface area contributed by atoms with Gasteiger partial charge in [-0.25, -0.2) is 0 Å². The average molecular weight is 557 g/mol. The van der Waals surface area contributed by atoms with Gasteiger partial charge in [-0.1, -0.05) is 66.7 Å². The first-order chi connectivity index (χ1) is 19.5. The van der Waals surface area contributed by atoms with Crippen molar-refractivity contribution in [1.29, 1.82) is 0 Å². The van der Waals surface area contributed by atoms with Gasteiger partial charge in [-0.2, -0.15) is 5.10 Å². The fraction of sp³-hybridized carbons (Fsp3) is 0.290. The van der Waals surface area contributed by atoms with Crippen molar-refractivity contribution in [3.05, 3.63) is 96.3 Å². The van der Waals surface area contributed by atoms with E-state index in [9.17, 15) is 14.4 Å². The van der Waals surface area contributed by atoms with Gasteiger partial charge in [-0.05, 0) is 41.8 Å². The molecule has 214 valence electrons. The Balaban J connectivity index is 1.53. The van der Waals surface area contributed by atoms with Crippen LogP contribution in [0.4, 0.5) is 5.69 Å². The standard InChI is InChI=1S/C31H36N6O4/c1-31(2,32)30(40)35-26(20-41-19-21-10-6-5-7-11-21)28(38)34-25-17-33-37(18-25)27(29(39)36(3)4)24-15-14-22-12-8-9-13-23(22)16-24/h5-18,26-27H,19-20,32H2,1-4H3,(H,34,38)(H,35,40). The molecule has 10 nitrogen and oxygen atoms in total. The Kier molecular flexibility index (Phi) is 9.16. The number of hydrogen-bond donors (Lipinski definition) is 3. The van der Waals surface area contributed by atoms with E-state index in [2.05, 4.69) is 15.7 Å². The number of rotatable bonds is 11. The number of ether oxygens (including phenoxy) is 1. The molecule has 2 atom stereocenters. The Hall–Kier alpha value is -4.54. The predicted octanol–water partition coefficient (Wildman–Crippen LogP) is 3.09. The molecule has 0 saturated carbocycles. The Morgan fingerprint density at radius 3 is 2.37 bits per heavy atom. The van der Waals surface area contributed by atoms with Crippen LogP contribution >= 0.6 is 0 Å². The molecule has 0 radical (unpaired) electrons. The summed E-state index contributed by atoms with van der Waals surface area (Å²) in [4.78, 5) is 40.7. The Morgan fingerprint density at radius 2 is 1.68 bits per heavy atom. The number of likely N-dealkylation sites (N-methyl/N-ethyl adjacent to an activating group) is 1. The number of benzene rings is 3. The third kappa shape index (κ3) is 7.56. The highest BCUT2D eigenvalue weighted by Crippen LogP contribution is 2.25. The number of fused-ring (bicyclic) bond motifs is 1. The number of aromatic nitrogens is 2. The number of anilines is 1. The van der Waals surface area contributed by atoms with Crippen LogP contribution in [0.3, 0.4) is 0 Å². The van der Waals surface area contributed by atoms with E-state index in [4.69, 9.17) is 10.5 Å². The maximum atomic E-state index is 13.3. The number of hydrogen-bond acceptors (Lipinski definition) is 6. The van der Waals surface area contributed by atoms with Crippen molar-refractivity contribution in [2.45, 2.75) is 38.1 Å². The molecule has 10 heteroatoms. The molecule has 0 aliphatic heterocycles. The third-order valence-electron chi connectivity index (χ3n) is 6.50. The van der Waals surface area contributed by atoms with Gasteiger partial charge in [-0.3, -0.25) is 19.1 Å². The van der Waals surface area contributed by atoms with Crippen LogP contribution in [-0.4, -0.2) is 64.7 Å². The Labute approximate surface area is 239 Å². The van der Waals surface area contributed by atoms with E-state index in [1.807, 2.05) is 72.8 Å². The van der Waals surface area contributed by atoms with Gasteiger partial charge in [0.1, 0.15) is 6.04 Å². The molecule has 1 heterocycles. The van der Waals surface area contributed by atoms with Crippen LogP contribution < -0.4 is 16.4 Å². The third-order valence-corrected chi connectivity index (χ3v) is 6.50. The number of carbonyl (C=O) groups excluding carboxylic acids is 3. The van der Waals surface area contributed by atoms with Crippen molar-refractivity contribution in [3.63, 3.8) is 0 Å². The molecule has 0 saturated heterocycles. The molecule has 3 amide bonds. The van der Waals surface area contributed by atoms with Crippen molar-refractivity contribution < 1.29 is 19.1 Å². The van der Waals surface area contributed by atoms with Crippen LogP contribution in [0.5, 0.6) is 0 Å². The van der Waals surface area contributed by atoms with Crippen LogP contribution in [0.15, 0.2) is 85.2 Å². The SMILES string of the molecule is CN(C)C(=O)C(c1ccc2ccccc2c1)n1cc(NC(=O)C(COCc2ccccc2)NC(=O)C(C)(C)N)cn1. The quantitative estimate of drug-likeness (QED) is 0.260. The van der Waals surface area contributed by atoms with E-state index >= 15 is 0 Å². The molecule has 1 aromatic heterocycles. The topological polar surface area (TPSA) is 132 Å². The fourth-order valence-electron chi connectivity index (χ4n) is 4.20. The van der Waals surface area contributed by atoms with E-state index in [0.29, 0.717) is 5.69 Å². The second kappa shape index (κ2) is 12.8. The van der Waals surface area contributed by atoms with Gasteiger partial charge in [0.2, 0.25) is 11.8 Å². The van der Waals surface area contributed by atoms with E-state index < -0.39 is 29.4 Å². The van der Waals surface area contributed by atoms with Crippen LogP contribution in [0.1, 0.15) is 31.0 Å². The monoisotopic (exact) mass is 556 g/mol. The molecular formula is C31H36N6O4. The highest BCUT2D eigenvalue weighted by atomic mass is 16.5. The Bertz CT molecular complexity index is 1510. The molecule has 2 unspecified atom stereocenters. The summed E-state index contributed by atoms with van der Waals surface area (Å²) in [5.41, 5.74) is 6.81. The normalized spacial score (nSPS) is 12.9. The summed E-state index contributed by atoms with van der Waals surface area (Å²) in [5.74, 6) is -1.17. The second-order valence-corrected chi connectivity index (χ2v) is 10.7. The minimum Gasteiger partial charge on any atom is -0.374 e. The highest BCUT2D eigenvalue weighted by molar-refractivity contribution is 5.98. The summed E-state index contributed by atoms with van der Waals surface area (Å²) in [5, 5.41) is 11.9. The summed E-state index contributed by atoms with van der Waals surface area (Å²) >= 11 is 0. The minimum atomic E-state index is -1.19. The molecule has 0 spiro atoms. The lowest BCUT2D eigenvalue weighted by Crippen LogP contribution is -2.56. The summed E-state index contributed by atoms with van der Waals surface area (Å²) in [7, 11) is 3.37. The second-order valence-electron chi connectivity index (χ2n) is 10.7. The van der Waals surface area contributed by atoms with Crippen LogP contribution in [0, 0.1) is 0 Å². The zero-order chi connectivity index (χ0) is 29.6. The van der Waals surface area contributed by atoms with Crippen LogP contribution in [0.2, 0.25) is 0 Å². The van der Waals surface area contributed by atoms with Gasteiger partial charge < -0.3 is 26.0 Å². The molecule has 0 aliphatic rings. The molecular weight excluding hydrogens is 520 g/mol. The zero-order valence-electron chi connectivity index (χ0n) is 23.7. The fourth-order valence-corrected chi connectivity index (χ4v) is 4.20. The summed E-state index contributed by atoms with van der Waals surface area (Å²) < 4.78 is 7.28. The van der Waals surface area contributed by atoms with Gasteiger partial charge in [0.25, 0.3) is 5.91 Å². The lowest BCUT2D eigenvalue weighted by molar-refractivity contribution is -0.131. The van der Waals surface area contributed by atoms with Gasteiger partial charge in [0.15, 0.2) is 6.04 Å². The molecule has 4 N–H and O–H groups in total. The zero-order valence-corrected chi connectivity index (χ0v) is 23.7.